The molecule has 5 heteroatoms. The second-order valence-electron chi connectivity index (χ2n) is 6.06. The number of rotatable bonds is 8. The van der Waals surface area contributed by atoms with Gasteiger partial charge in [0.2, 0.25) is 0 Å². The predicted octanol–water partition coefficient (Wildman–Crippen LogP) is 2.73. The van der Waals surface area contributed by atoms with E-state index in [0.29, 0.717) is 24.4 Å². The SMILES string of the molecule is CC(C)C(NCC(O)COc1ccc(F)c(F)c1)C1CC1. The van der Waals surface area contributed by atoms with Crippen molar-refractivity contribution < 1.29 is 18.6 Å². The molecule has 0 aromatic heterocycles. The first kappa shape index (κ1) is 16.2. The maximum Gasteiger partial charge on any atom is 0.162 e. The van der Waals surface area contributed by atoms with Gasteiger partial charge in [0, 0.05) is 18.7 Å². The molecule has 2 atom stereocenters. The van der Waals surface area contributed by atoms with Gasteiger partial charge in [-0.3, -0.25) is 0 Å². The molecule has 1 aliphatic rings. The third-order valence-electron chi connectivity index (χ3n) is 3.77. The molecule has 1 aromatic carbocycles. The van der Waals surface area contributed by atoms with E-state index < -0.39 is 17.7 Å². The smallest absolute Gasteiger partial charge is 0.162 e. The van der Waals surface area contributed by atoms with Crippen molar-refractivity contribution in [1.82, 2.24) is 5.32 Å². The number of nitrogens with one attached hydrogen (secondary N) is 1. The lowest BCUT2D eigenvalue weighted by atomic mass is 9.99. The summed E-state index contributed by atoms with van der Waals surface area (Å²) in [6.07, 6.45) is 1.81. The zero-order valence-corrected chi connectivity index (χ0v) is 12.5. The Morgan fingerprint density at radius 2 is 2.00 bits per heavy atom. The van der Waals surface area contributed by atoms with Gasteiger partial charge < -0.3 is 15.2 Å². The van der Waals surface area contributed by atoms with Crippen LogP contribution in [0.5, 0.6) is 5.75 Å². The minimum Gasteiger partial charge on any atom is -0.491 e. The Hall–Kier alpha value is -1.20. The van der Waals surface area contributed by atoms with Crippen molar-refractivity contribution in [2.24, 2.45) is 11.8 Å². The normalized spacial score (nSPS) is 17.8. The second kappa shape index (κ2) is 7.18. The highest BCUT2D eigenvalue weighted by Crippen LogP contribution is 2.35. The average Bonchev–Trinajstić information content (AvgIpc) is 3.24. The lowest BCUT2D eigenvalue weighted by Gasteiger charge is -2.24. The van der Waals surface area contributed by atoms with E-state index in [1.165, 1.54) is 18.9 Å². The van der Waals surface area contributed by atoms with Gasteiger partial charge in [-0.15, -0.1) is 0 Å². The number of benzene rings is 1. The molecular weight excluding hydrogens is 276 g/mol. The fourth-order valence-corrected chi connectivity index (χ4v) is 2.49. The van der Waals surface area contributed by atoms with Crippen LogP contribution in [-0.4, -0.2) is 30.4 Å². The molecule has 1 aromatic rings. The molecule has 0 bridgehead atoms. The van der Waals surface area contributed by atoms with Gasteiger partial charge in [-0.2, -0.15) is 0 Å². The van der Waals surface area contributed by atoms with E-state index >= 15 is 0 Å². The summed E-state index contributed by atoms with van der Waals surface area (Å²) >= 11 is 0. The first-order chi connectivity index (χ1) is 9.97. The number of aliphatic hydroxyl groups is 1. The lowest BCUT2D eigenvalue weighted by molar-refractivity contribution is 0.1000. The van der Waals surface area contributed by atoms with Crippen LogP contribution < -0.4 is 10.1 Å². The first-order valence-corrected chi connectivity index (χ1v) is 7.46. The molecule has 2 unspecified atom stereocenters. The highest BCUT2D eigenvalue weighted by atomic mass is 19.2. The minimum atomic E-state index is -0.950. The number of aliphatic hydroxyl groups excluding tert-OH is 1. The largest absolute Gasteiger partial charge is 0.491 e. The average molecular weight is 299 g/mol. The number of hydrogen-bond donors (Lipinski definition) is 2. The Bertz CT molecular complexity index is 462. The van der Waals surface area contributed by atoms with E-state index in [1.54, 1.807) is 0 Å². The van der Waals surface area contributed by atoms with Crippen LogP contribution in [0.25, 0.3) is 0 Å². The van der Waals surface area contributed by atoms with Gasteiger partial charge in [-0.25, -0.2) is 8.78 Å². The van der Waals surface area contributed by atoms with Gasteiger partial charge in [0.05, 0.1) is 0 Å². The van der Waals surface area contributed by atoms with Gasteiger partial charge in [0.15, 0.2) is 11.6 Å². The molecule has 1 fully saturated rings. The fraction of sp³-hybridized carbons (Fsp3) is 0.625. The molecule has 21 heavy (non-hydrogen) atoms. The van der Waals surface area contributed by atoms with Gasteiger partial charge in [-0.1, -0.05) is 13.8 Å². The first-order valence-electron chi connectivity index (χ1n) is 7.46. The summed E-state index contributed by atoms with van der Waals surface area (Å²) in [4.78, 5) is 0. The number of halogens is 2. The molecule has 2 N–H and O–H groups in total. The topological polar surface area (TPSA) is 41.5 Å². The van der Waals surface area contributed by atoms with E-state index in [2.05, 4.69) is 19.2 Å². The van der Waals surface area contributed by atoms with Crippen molar-refractivity contribution in [1.29, 1.82) is 0 Å². The van der Waals surface area contributed by atoms with Crippen molar-refractivity contribution >= 4 is 0 Å². The molecule has 0 aliphatic heterocycles. The lowest BCUT2D eigenvalue weighted by Crippen LogP contribution is -2.42. The van der Waals surface area contributed by atoms with E-state index in [0.717, 1.165) is 12.1 Å². The Balaban J connectivity index is 1.73. The summed E-state index contributed by atoms with van der Waals surface area (Å²) in [5.41, 5.74) is 0. The highest BCUT2D eigenvalue weighted by molar-refractivity contribution is 5.23. The van der Waals surface area contributed by atoms with Crippen LogP contribution in [0.2, 0.25) is 0 Å². The monoisotopic (exact) mass is 299 g/mol. The standard InChI is InChI=1S/C16H23F2NO2/c1-10(2)16(11-3-4-11)19-8-12(20)9-21-13-5-6-14(17)15(18)7-13/h5-7,10-12,16,19-20H,3-4,8-9H2,1-2H3. The van der Waals surface area contributed by atoms with Crippen LogP contribution in [0.3, 0.4) is 0 Å². The zero-order valence-electron chi connectivity index (χ0n) is 12.5. The third-order valence-corrected chi connectivity index (χ3v) is 3.77. The molecule has 0 amide bonds. The Morgan fingerprint density at radius 1 is 1.29 bits per heavy atom. The quantitative estimate of drug-likeness (QED) is 0.775. The van der Waals surface area contributed by atoms with Gasteiger partial charge in [0.1, 0.15) is 18.5 Å². The van der Waals surface area contributed by atoms with Crippen LogP contribution in [0.4, 0.5) is 8.78 Å². The number of ether oxygens (including phenoxy) is 1. The minimum absolute atomic E-state index is 0.0492. The summed E-state index contributed by atoms with van der Waals surface area (Å²) in [5.74, 6) is -0.404. The van der Waals surface area contributed by atoms with Crippen molar-refractivity contribution in [2.45, 2.75) is 38.8 Å². The van der Waals surface area contributed by atoms with Crippen LogP contribution in [-0.2, 0) is 0 Å². The van der Waals surface area contributed by atoms with Crippen molar-refractivity contribution in [3.63, 3.8) is 0 Å². The van der Waals surface area contributed by atoms with Gasteiger partial charge in [0.25, 0.3) is 0 Å². The Morgan fingerprint density at radius 3 is 2.57 bits per heavy atom. The summed E-state index contributed by atoms with van der Waals surface area (Å²) in [5, 5.41) is 13.3. The third kappa shape index (κ3) is 4.93. The van der Waals surface area contributed by atoms with Gasteiger partial charge >= 0.3 is 0 Å². The Kier molecular flexibility index (Phi) is 5.53. The number of hydrogen-bond acceptors (Lipinski definition) is 3. The van der Waals surface area contributed by atoms with E-state index in [9.17, 15) is 13.9 Å². The van der Waals surface area contributed by atoms with Crippen LogP contribution in [0, 0.1) is 23.5 Å². The highest BCUT2D eigenvalue weighted by Gasteiger charge is 2.32. The summed E-state index contributed by atoms with van der Waals surface area (Å²) in [7, 11) is 0. The molecule has 1 saturated carbocycles. The van der Waals surface area contributed by atoms with E-state index in [-0.39, 0.29) is 12.4 Å². The van der Waals surface area contributed by atoms with Gasteiger partial charge in [-0.05, 0) is 36.8 Å². The van der Waals surface area contributed by atoms with E-state index in [4.69, 9.17) is 4.74 Å². The van der Waals surface area contributed by atoms with Crippen molar-refractivity contribution in [3.8, 4) is 5.75 Å². The van der Waals surface area contributed by atoms with Crippen molar-refractivity contribution in [3.05, 3.63) is 29.8 Å². The van der Waals surface area contributed by atoms with Crippen LogP contribution in [0.1, 0.15) is 26.7 Å². The second-order valence-corrected chi connectivity index (χ2v) is 6.06. The molecule has 0 saturated heterocycles. The maximum absolute atomic E-state index is 13.0. The Labute approximate surface area is 124 Å². The molecule has 0 spiro atoms. The van der Waals surface area contributed by atoms with Crippen LogP contribution in [0.15, 0.2) is 18.2 Å². The molecule has 3 nitrogen and oxygen atoms in total. The molecule has 1 aliphatic carbocycles. The molecule has 0 heterocycles. The molecular formula is C16H23F2NO2. The summed E-state index contributed by atoms with van der Waals surface area (Å²) in [6.45, 7) is 4.82. The summed E-state index contributed by atoms with van der Waals surface area (Å²) in [6, 6.07) is 3.76. The predicted molar refractivity (Wildman–Crippen MR) is 77.2 cm³/mol. The molecule has 118 valence electrons. The zero-order chi connectivity index (χ0) is 15.4. The van der Waals surface area contributed by atoms with Crippen LogP contribution >= 0.6 is 0 Å². The molecule has 2 rings (SSSR count). The molecule has 0 radical (unpaired) electrons. The summed E-state index contributed by atoms with van der Waals surface area (Å²) < 4.78 is 31.1. The van der Waals surface area contributed by atoms with E-state index in [1.807, 2.05) is 0 Å². The fourth-order valence-electron chi connectivity index (χ4n) is 2.49. The van der Waals surface area contributed by atoms with Crippen molar-refractivity contribution in [2.75, 3.05) is 13.2 Å². The maximum atomic E-state index is 13.0.